The maximum absolute atomic E-state index is 10.3. The van der Waals surface area contributed by atoms with Crippen molar-refractivity contribution < 1.29 is 27.5 Å². The van der Waals surface area contributed by atoms with Crippen LogP contribution in [-0.2, 0) is 22.4 Å². The average Bonchev–Trinajstić information content (AvgIpc) is 1.69. The molecule has 2 heteroatoms. The van der Waals surface area contributed by atoms with Gasteiger partial charge in [0, 0.05) is 0 Å². The SMILES string of the molecule is [Ag+].[O-]c1ccccc1. The second-order valence-electron chi connectivity index (χ2n) is 1.31. The summed E-state index contributed by atoms with van der Waals surface area (Å²) in [6, 6.07) is 8.33. The van der Waals surface area contributed by atoms with Gasteiger partial charge in [0.15, 0.2) is 0 Å². The summed E-state index contributed by atoms with van der Waals surface area (Å²) in [6.07, 6.45) is 0. The normalized spacial score (nSPS) is 7.50. The number of para-hydroxylation sites is 1. The molecule has 0 spiro atoms. The number of hydrogen-bond donors (Lipinski definition) is 0. The van der Waals surface area contributed by atoms with Gasteiger partial charge in [0.2, 0.25) is 0 Å². The molecule has 0 aliphatic heterocycles. The third kappa shape index (κ3) is 2.17. The van der Waals surface area contributed by atoms with E-state index in [1.165, 1.54) is 12.1 Å². The van der Waals surface area contributed by atoms with E-state index in [1.54, 1.807) is 12.1 Å². The van der Waals surface area contributed by atoms with Crippen molar-refractivity contribution >= 4 is 0 Å². The summed E-state index contributed by atoms with van der Waals surface area (Å²) < 4.78 is 0. The Hall–Kier alpha value is -0.240. The minimum Gasteiger partial charge on any atom is -0.872 e. The molecule has 0 aromatic heterocycles. The summed E-state index contributed by atoms with van der Waals surface area (Å²) in [5.74, 6) is 0.0718. The monoisotopic (exact) mass is 200 g/mol. The van der Waals surface area contributed by atoms with Crippen LogP contribution in [0.2, 0.25) is 0 Å². The predicted molar refractivity (Wildman–Crippen MR) is 25.9 cm³/mol. The van der Waals surface area contributed by atoms with Gasteiger partial charge in [-0.25, -0.2) is 0 Å². The molecule has 1 aromatic rings. The van der Waals surface area contributed by atoms with Crippen LogP contribution in [0, 0.1) is 0 Å². The average molecular weight is 201 g/mol. The van der Waals surface area contributed by atoms with Crippen molar-refractivity contribution in [3.8, 4) is 5.75 Å². The zero-order valence-corrected chi connectivity index (χ0v) is 5.58. The molecule has 1 rings (SSSR count). The van der Waals surface area contributed by atoms with E-state index in [1.807, 2.05) is 6.07 Å². The molecule has 0 saturated heterocycles. The molecule has 0 aliphatic rings. The zero-order valence-electron chi connectivity index (χ0n) is 4.10. The van der Waals surface area contributed by atoms with Gasteiger partial charge < -0.3 is 5.11 Å². The first-order valence-electron chi connectivity index (χ1n) is 2.11. The molecule has 0 fully saturated rings. The van der Waals surface area contributed by atoms with Gasteiger partial charge in [-0.2, -0.15) is 0 Å². The zero-order chi connectivity index (χ0) is 5.11. The predicted octanol–water partition coefficient (Wildman–Crippen LogP) is 0.758. The van der Waals surface area contributed by atoms with Crippen LogP contribution in [0.15, 0.2) is 30.3 Å². The van der Waals surface area contributed by atoms with Crippen molar-refractivity contribution in [1.82, 2.24) is 0 Å². The van der Waals surface area contributed by atoms with Crippen molar-refractivity contribution in [2.45, 2.75) is 0 Å². The summed E-state index contributed by atoms with van der Waals surface area (Å²) in [6.45, 7) is 0. The molecule has 0 amide bonds. The summed E-state index contributed by atoms with van der Waals surface area (Å²) in [7, 11) is 0. The van der Waals surface area contributed by atoms with Crippen LogP contribution in [0.4, 0.5) is 0 Å². The van der Waals surface area contributed by atoms with Gasteiger partial charge in [-0.3, -0.25) is 0 Å². The Bertz CT molecular complexity index is 138. The van der Waals surface area contributed by atoms with Crippen LogP contribution in [0.1, 0.15) is 0 Å². The van der Waals surface area contributed by atoms with Crippen LogP contribution < -0.4 is 5.11 Å². The molecule has 0 saturated carbocycles. The summed E-state index contributed by atoms with van der Waals surface area (Å²) in [5, 5.41) is 10.3. The number of rotatable bonds is 0. The fourth-order valence-corrected chi connectivity index (χ4v) is 0.420. The van der Waals surface area contributed by atoms with E-state index in [4.69, 9.17) is 0 Å². The van der Waals surface area contributed by atoms with E-state index < -0.39 is 0 Å². The van der Waals surface area contributed by atoms with Gasteiger partial charge in [-0.1, -0.05) is 30.3 Å². The van der Waals surface area contributed by atoms with Gasteiger partial charge in [0.1, 0.15) is 0 Å². The first kappa shape index (κ1) is 7.76. The molecular formula is C6H5AgO. The largest absolute Gasteiger partial charge is 1.00 e. The Morgan fingerprint density at radius 3 is 1.75 bits per heavy atom. The molecule has 0 N–H and O–H groups in total. The first-order valence-corrected chi connectivity index (χ1v) is 2.11. The maximum Gasteiger partial charge on any atom is 1.00 e. The first-order chi connectivity index (χ1) is 3.39. The second kappa shape index (κ2) is 3.72. The van der Waals surface area contributed by atoms with E-state index in [0.717, 1.165) is 0 Å². The molecular weight excluding hydrogens is 196 g/mol. The smallest absolute Gasteiger partial charge is 0.872 e. The number of hydrogen-bond acceptors (Lipinski definition) is 1. The second-order valence-corrected chi connectivity index (χ2v) is 1.31. The van der Waals surface area contributed by atoms with Gasteiger partial charge in [0.25, 0.3) is 0 Å². The van der Waals surface area contributed by atoms with Gasteiger partial charge in [0.05, 0.1) is 0 Å². The Kier molecular flexibility index (Phi) is 3.61. The minimum atomic E-state index is 0. The molecule has 0 unspecified atom stereocenters. The minimum absolute atomic E-state index is 0. The Labute approximate surface area is 63.9 Å². The van der Waals surface area contributed by atoms with E-state index in [0.29, 0.717) is 0 Å². The van der Waals surface area contributed by atoms with Crippen LogP contribution in [0.3, 0.4) is 0 Å². The van der Waals surface area contributed by atoms with Crippen molar-refractivity contribution in [3.05, 3.63) is 30.3 Å². The molecule has 1 aromatic carbocycles. The Morgan fingerprint density at radius 2 is 1.50 bits per heavy atom. The fraction of sp³-hybridized carbons (Fsp3) is 0. The Balaban J connectivity index is 0.000000490. The van der Waals surface area contributed by atoms with Crippen LogP contribution in [0.25, 0.3) is 0 Å². The van der Waals surface area contributed by atoms with Crippen molar-refractivity contribution in [2.75, 3.05) is 0 Å². The van der Waals surface area contributed by atoms with Crippen molar-refractivity contribution in [2.24, 2.45) is 0 Å². The van der Waals surface area contributed by atoms with Crippen LogP contribution in [0.5, 0.6) is 5.75 Å². The van der Waals surface area contributed by atoms with Crippen LogP contribution >= 0.6 is 0 Å². The summed E-state index contributed by atoms with van der Waals surface area (Å²) in [4.78, 5) is 0. The van der Waals surface area contributed by atoms with Crippen LogP contribution in [-0.4, -0.2) is 0 Å². The van der Waals surface area contributed by atoms with Gasteiger partial charge in [-0.15, -0.1) is 5.75 Å². The summed E-state index contributed by atoms with van der Waals surface area (Å²) >= 11 is 0. The molecule has 46 valence electrons. The maximum atomic E-state index is 10.3. The fourth-order valence-electron chi connectivity index (χ4n) is 0.420. The van der Waals surface area contributed by atoms with Gasteiger partial charge >= 0.3 is 22.4 Å². The third-order valence-electron chi connectivity index (χ3n) is 0.743. The van der Waals surface area contributed by atoms with Crippen molar-refractivity contribution in [1.29, 1.82) is 0 Å². The molecule has 8 heavy (non-hydrogen) atoms. The molecule has 0 heterocycles. The molecule has 0 radical (unpaired) electrons. The number of benzene rings is 1. The third-order valence-corrected chi connectivity index (χ3v) is 0.743. The van der Waals surface area contributed by atoms with Crippen molar-refractivity contribution in [3.63, 3.8) is 0 Å². The van der Waals surface area contributed by atoms with E-state index >= 15 is 0 Å². The molecule has 1 nitrogen and oxygen atoms in total. The molecule has 0 bridgehead atoms. The quantitative estimate of drug-likeness (QED) is 0.568. The summed E-state index contributed by atoms with van der Waals surface area (Å²) in [5.41, 5.74) is 0. The van der Waals surface area contributed by atoms with E-state index in [2.05, 4.69) is 0 Å². The Morgan fingerprint density at radius 1 is 1.00 bits per heavy atom. The van der Waals surface area contributed by atoms with E-state index in [-0.39, 0.29) is 28.1 Å². The van der Waals surface area contributed by atoms with Gasteiger partial charge in [-0.05, 0) is 0 Å². The molecule has 0 atom stereocenters. The van der Waals surface area contributed by atoms with E-state index in [9.17, 15) is 5.11 Å². The topological polar surface area (TPSA) is 23.1 Å². The molecule has 0 aliphatic carbocycles. The standard InChI is InChI=1S/C6H6O.Ag/c7-6-4-2-1-3-5-6;/h1-5,7H;/q;+1/p-1.